The SMILES string of the molecule is CCNC(=O)[C@@H](Cc1ccccc1)N(Cc1c(Cl)cccc1Cl)C(=O)COc1cccc(C)c1. The minimum Gasteiger partial charge on any atom is -0.484 e. The van der Waals surface area contributed by atoms with Gasteiger partial charge in [-0.25, -0.2) is 0 Å². The molecule has 0 aliphatic carbocycles. The summed E-state index contributed by atoms with van der Waals surface area (Å²) in [5.41, 5.74) is 2.53. The average Bonchev–Trinajstić information content (AvgIpc) is 2.82. The molecule has 0 heterocycles. The summed E-state index contributed by atoms with van der Waals surface area (Å²) in [4.78, 5) is 28.2. The minimum atomic E-state index is -0.775. The Morgan fingerprint density at radius 3 is 2.29 bits per heavy atom. The van der Waals surface area contributed by atoms with Gasteiger partial charge in [0.1, 0.15) is 11.8 Å². The molecule has 2 amide bonds. The van der Waals surface area contributed by atoms with Crippen molar-refractivity contribution in [3.63, 3.8) is 0 Å². The van der Waals surface area contributed by atoms with E-state index in [-0.39, 0.29) is 25.0 Å². The number of carbonyl (C=O) groups is 2. The van der Waals surface area contributed by atoms with Gasteiger partial charge in [-0.2, -0.15) is 0 Å². The van der Waals surface area contributed by atoms with E-state index in [2.05, 4.69) is 5.32 Å². The van der Waals surface area contributed by atoms with Gasteiger partial charge in [0, 0.05) is 35.1 Å². The molecule has 0 aromatic heterocycles. The van der Waals surface area contributed by atoms with Gasteiger partial charge in [-0.05, 0) is 49.2 Å². The van der Waals surface area contributed by atoms with Gasteiger partial charge in [0.15, 0.2) is 6.61 Å². The zero-order valence-corrected chi connectivity index (χ0v) is 20.8. The van der Waals surface area contributed by atoms with Crippen LogP contribution in [0.2, 0.25) is 10.0 Å². The van der Waals surface area contributed by atoms with Crippen molar-refractivity contribution in [3.8, 4) is 5.75 Å². The monoisotopic (exact) mass is 498 g/mol. The first-order valence-corrected chi connectivity index (χ1v) is 11.9. The Morgan fingerprint density at radius 1 is 0.971 bits per heavy atom. The first-order valence-electron chi connectivity index (χ1n) is 11.1. The molecule has 0 radical (unpaired) electrons. The van der Waals surface area contributed by atoms with Gasteiger partial charge in [0.2, 0.25) is 5.91 Å². The molecule has 0 aliphatic heterocycles. The fourth-order valence-electron chi connectivity index (χ4n) is 3.63. The van der Waals surface area contributed by atoms with Crippen LogP contribution in [0.1, 0.15) is 23.6 Å². The standard InChI is InChI=1S/C27H28Cl2N2O3/c1-3-30-27(33)25(16-20-10-5-4-6-11-20)31(17-22-23(28)13-8-14-24(22)29)26(32)18-34-21-12-7-9-19(2)15-21/h4-15,25H,3,16-18H2,1-2H3,(H,30,33)/t25-/m1/s1. The number of halogens is 2. The van der Waals surface area contributed by atoms with Crippen molar-refractivity contribution in [1.82, 2.24) is 10.2 Å². The van der Waals surface area contributed by atoms with E-state index < -0.39 is 6.04 Å². The van der Waals surface area contributed by atoms with Crippen LogP contribution in [0, 0.1) is 6.92 Å². The third-order valence-electron chi connectivity index (χ3n) is 5.36. The molecule has 0 spiro atoms. The smallest absolute Gasteiger partial charge is 0.261 e. The Morgan fingerprint density at radius 2 is 1.65 bits per heavy atom. The number of benzene rings is 3. The van der Waals surface area contributed by atoms with Crippen LogP contribution in [-0.2, 0) is 22.6 Å². The number of nitrogens with one attached hydrogen (secondary N) is 1. The molecule has 0 fully saturated rings. The number of aryl methyl sites for hydroxylation is 1. The Balaban J connectivity index is 1.94. The number of hydrogen-bond acceptors (Lipinski definition) is 3. The highest BCUT2D eigenvalue weighted by Gasteiger charge is 2.31. The maximum absolute atomic E-state index is 13.5. The van der Waals surface area contributed by atoms with Crippen LogP contribution in [0.15, 0.2) is 72.8 Å². The molecule has 0 unspecified atom stereocenters. The molecule has 0 bridgehead atoms. The lowest BCUT2D eigenvalue weighted by atomic mass is 10.0. The molecule has 1 atom stereocenters. The highest BCUT2D eigenvalue weighted by Crippen LogP contribution is 2.27. The van der Waals surface area contributed by atoms with Crippen molar-refractivity contribution in [1.29, 1.82) is 0 Å². The summed E-state index contributed by atoms with van der Waals surface area (Å²) < 4.78 is 5.78. The second kappa shape index (κ2) is 12.4. The number of nitrogens with zero attached hydrogens (tertiary/aromatic N) is 1. The van der Waals surface area contributed by atoms with E-state index >= 15 is 0 Å². The van der Waals surface area contributed by atoms with Gasteiger partial charge in [-0.15, -0.1) is 0 Å². The van der Waals surface area contributed by atoms with Gasteiger partial charge in [0.05, 0.1) is 0 Å². The number of likely N-dealkylation sites (N-methyl/N-ethyl adjacent to an activating group) is 1. The Kier molecular flexibility index (Phi) is 9.37. The summed E-state index contributed by atoms with van der Waals surface area (Å²) in [7, 11) is 0. The normalized spacial score (nSPS) is 11.5. The first-order chi connectivity index (χ1) is 16.4. The van der Waals surface area contributed by atoms with E-state index in [9.17, 15) is 9.59 Å². The van der Waals surface area contributed by atoms with Crippen LogP contribution in [0.5, 0.6) is 5.75 Å². The largest absolute Gasteiger partial charge is 0.484 e. The molecule has 0 saturated carbocycles. The van der Waals surface area contributed by atoms with E-state index in [1.807, 2.05) is 62.4 Å². The average molecular weight is 499 g/mol. The Labute approximate surface area is 210 Å². The van der Waals surface area contributed by atoms with Crippen molar-refractivity contribution >= 4 is 35.0 Å². The molecular formula is C27H28Cl2N2O3. The Hall–Kier alpha value is -3.02. The summed E-state index contributed by atoms with van der Waals surface area (Å²) in [6, 6.07) is 21.4. The molecule has 34 heavy (non-hydrogen) atoms. The van der Waals surface area contributed by atoms with E-state index in [0.29, 0.717) is 34.3 Å². The highest BCUT2D eigenvalue weighted by molar-refractivity contribution is 6.36. The van der Waals surface area contributed by atoms with Crippen LogP contribution in [0.3, 0.4) is 0 Å². The summed E-state index contributed by atoms with van der Waals surface area (Å²) in [6.45, 7) is 4.08. The van der Waals surface area contributed by atoms with Crippen LogP contribution in [-0.4, -0.2) is 35.9 Å². The van der Waals surface area contributed by atoms with Gasteiger partial charge in [0.25, 0.3) is 5.91 Å². The van der Waals surface area contributed by atoms with Gasteiger partial charge in [-0.1, -0.05) is 71.7 Å². The predicted molar refractivity (Wildman–Crippen MR) is 136 cm³/mol. The van der Waals surface area contributed by atoms with Gasteiger partial charge in [-0.3, -0.25) is 9.59 Å². The molecular weight excluding hydrogens is 471 g/mol. The zero-order valence-electron chi connectivity index (χ0n) is 19.3. The summed E-state index contributed by atoms with van der Waals surface area (Å²) in [5.74, 6) is -0.00944. The number of hydrogen-bond donors (Lipinski definition) is 1. The Bertz CT molecular complexity index is 1100. The summed E-state index contributed by atoms with van der Waals surface area (Å²) in [6.07, 6.45) is 0.338. The van der Waals surface area contributed by atoms with Crippen LogP contribution < -0.4 is 10.1 Å². The third-order valence-corrected chi connectivity index (χ3v) is 6.07. The second-order valence-corrected chi connectivity index (χ2v) is 8.74. The summed E-state index contributed by atoms with van der Waals surface area (Å²) >= 11 is 12.8. The van der Waals surface area contributed by atoms with Gasteiger partial charge < -0.3 is 15.0 Å². The van der Waals surface area contributed by atoms with Crippen LogP contribution >= 0.6 is 23.2 Å². The van der Waals surface area contributed by atoms with Gasteiger partial charge >= 0.3 is 0 Å². The molecule has 7 heteroatoms. The third kappa shape index (κ3) is 6.99. The first kappa shape index (κ1) is 25.6. The number of rotatable bonds is 10. The van der Waals surface area contributed by atoms with Crippen LogP contribution in [0.4, 0.5) is 0 Å². The molecule has 3 rings (SSSR count). The maximum Gasteiger partial charge on any atom is 0.261 e. The zero-order chi connectivity index (χ0) is 24.5. The molecule has 5 nitrogen and oxygen atoms in total. The molecule has 0 saturated heterocycles. The molecule has 3 aromatic rings. The number of ether oxygens (including phenoxy) is 1. The summed E-state index contributed by atoms with van der Waals surface area (Å²) in [5, 5.41) is 3.72. The predicted octanol–water partition coefficient (Wildman–Crippen LogP) is 5.46. The number of amides is 2. The minimum absolute atomic E-state index is 0.0726. The lowest BCUT2D eigenvalue weighted by Crippen LogP contribution is -2.51. The molecule has 1 N–H and O–H groups in total. The van der Waals surface area contributed by atoms with E-state index in [4.69, 9.17) is 27.9 Å². The number of carbonyl (C=O) groups excluding carboxylic acids is 2. The van der Waals surface area contributed by atoms with E-state index in [1.54, 1.807) is 24.3 Å². The van der Waals surface area contributed by atoms with Crippen molar-refractivity contribution < 1.29 is 14.3 Å². The molecule has 3 aromatic carbocycles. The van der Waals surface area contributed by atoms with E-state index in [0.717, 1.165) is 11.1 Å². The van der Waals surface area contributed by atoms with Crippen LogP contribution in [0.25, 0.3) is 0 Å². The van der Waals surface area contributed by atoms with E-state index in [1.165, 1.54) is 4.90 Å². The van der Waals surface area contributed by atoms with Crippen molar-refractivity contribution in [3.05, 3.63) is 99.5 Å². The molecule has 178 valence electrons. The topological polar surface area (TPSA) is 58.6 Å². The fourth-order valence-corrected chi connectivity index (χ4v) is 4.15. The van der Waals surface area contributed by atoms with Crippen molar-refractivity contribution in [2.24, 2.45) is 0 Å². The lowest BCUT2D eigenvalue weighted by Gasteiger charge is -2.32. The second-order valence-electron chi connectivity index (χ2n) is 7.93. The van der Waals surface area contributed by atoms with Crippen molar-refractivity contribution in [2.45, 2.75) is 32.9 Å². The van der Waals surface area contributed by atoms with Crippen molar-refractivity contribution in [2.75, 3.05) is 13.2 Å². The fraction of sp³-hybridized carbons (Fsp3) is 0.259. The maximum atomic E-state index is 13.5. The highest BCUT2D eigenvalue weighted by atomic mass is 35.5. The lowest BCUT2D eigenvalue weighted by molar-refractivity contribution is -0.142. The quantitative estimate of drug-likeness (QED) is 0.403. The molecule has 0 aliphatic rings.